The van der Waals surface area contributed by atoms with Crippen LogP contribution in [0.15, 0.2) is 204 Å². The van der Waals surface area contributed by atoms with Crippen LogP contribution in [-0.2, 0) is 12.8 Å². The van der Waals surface area contributed by atoms with Crippen LogP contribution in [0.3, 0.4) is 0 Å². The molecule has 7 aromatic rings. The van der Waals surface area contributed by atoms with Crippen LogP contribution in [-0.4, -0.2) is 6.04 Å². The Labute approximate surface area is 341 Å². The Hall–Kier alpha value is -6.64. The first-order valence-corrected chi connectivity index (χ1v) is 20.9. The second-order valence-electron chi connectivity index (χ2n) is 16.1. The number of hydrogen-bond donors (Lipinski definition) is 0. The molecule has 3 unspecified atom stereocenters. The Kier molecular flexibility index (Phi) is 8.77. The molecule has 0 aliphatic heterocycles. The van der Waals surface area contributed by atoms with Gasteiger partial charge in [-0.15, -0.1) is 0 Å². The number of fused-ring (bicyclic) bond motifs is 6. The highest BCUT2D eigenvalue weighted by Crippen LogP contribution is 2.45. The minimum Gasteiger partial charge on any atom is -0.460 e. The van der Waals surface area contributed by atoms with E-state index in [1.54, 1.807) is 0 Å². The number of para-hydroxylation sites is 1. The van der Waals surface area contributed by atoms with E-state index in [0.29, 0.717) is 5.92 Å². The maximum atomic E-state index is 6.34. The average Bonchev–Trinajstić information content (AvgIpc) is 3.69. The summed E-state index contributed by atoms with van der Waals surface area (Å²) in [5.41, 5.74) is 18.2. The highest BCUT2D eigenvalue weighted by Gasteiger charge is 2.30. The van der Waals surface area contributed by atoms with Gasteiger partial charge >= 0.3 is 0 Å². The van der Waals surface area contributed by atoms with Crippen LogP contribution < -0.4 is 4.90 Å². The third kappa shape index (κ3) is 6.12. The first-order valence-electron chi connectivity index (χ1n) is 20.9. The van der Waals surface area contributed by atoms with Crippen LogP contribution in [0, 0.1) is 0 Å². The van der Waals surface area contributed by atoms with E-state index in [1.807, 2.05) is 0 Å². The highest BCUT2D eigenvalue weighted by atomic mass is 16.3. The first-order chi connectivity index (χ1) is 28.8. The summed E-state index contributed by atoms with van der Waals surface area (Å²) in [4.78, 5) is 2.61. The van der Waals surface area contributed by atoms with Crippen molar-refractivity contribution >= 4 is 27.8 Å². The van der Waals surface area contributed by atoms with Gasteiger partial charge in [0.05, 0.1) is 6.04 Å². The molecule has 11 rings (SSSR count). The van der Waals surface area contributed by atoms with Crippen LogP contribution in [0.25, 0.3) is 33.2 Å². The van der Waals surface area contributed by atoms with E-state index in [4.69, 9.17) is 4.42 Å². The normalized spacial score (nSPS) is 19.4. The van der Waals surface area contributed by atoms with Crippen LogP contribution in [0.5, 0.6) is 0 Å². The summed E-state index contributed by atoms with van der Waals surface area (Å²) >= 11 is 0. The van der Waals surface area contributed by atoms with E-state index in [1.165, 1.54) is 78.0 Å². The minimum absolute atomic E-state index is 0.168. The van der Waals surface area contributed by atoms with Crippen LogP contribution >= 0.6 is 0 Å². The van der Waals surface area contributed by atoms with Gasteiger partial charge in [0, 0.05) is 40.6 Å². The molecule has 3 atom stereocenters. The minimum atomic E-state index is 0.168. The lowest BCUT2D eigenvalue weighted by molar-refractivity contribution is 0.546. The Morgan fingerprint density at radius 2 is 1.33 bits per heavy atom. The van der Waals surface area contributed by atoms with Gasteiger partial charge in [0.15, 0.2) is 0 Å². The molecule has 0 bridgehead atoms. The van der Waals surface area contributed by atoms with Gasteiger partial charge in [0.1, 0.15) is 11.3 Å². The van der Waals surface area contributed by atoms with Gasteiger partial charge < -0.3 is 9.32 Å². The second kappa shape index (κ2) is 14.7. The molecule has 2 nitrogen and oxygen atoms in total. The Bertz CT molecular complexity index is 2810. The molecule has 0 radical (unpaired) electrons. The van der Waals surface area contributed by atoms with Crippen LogP contribution in [0.4, 0.5) is 5.69 Å². The van der Waals surface area contributed by atoms with Crippen molar-refractivity contribution < 1.29 is 4.42 Å². The third-order valence-corrected chi connectivity index (χ3v) is 12.9. The van der Waals surface area contributed by atoms with E-state index in [0.717, 1.165) is 43.4 Å². The van der Waals surface area contributed by atoms with Crippen LogP contribution in [0.2, 0.25) is 0 Å². The summed E-state index contributed by atoms with van der Waals surface area (Å²) in [5, 5.41) is 1.22. The molecule has 4 aliphatic carbocycles. The molecule has 0 saturated carbocycles. The molecule has 58 heavy (non-hydrogen) atoms. The molecule has 0 saturated heterocycles. The summed E-state index contributed by atoms with van der Waals surface area (Å²) in [5.74, 6) is 1.76. The van der Waals surface area contributed by atoms with Crippen LogP contribution in [0.1, 0.15) is 75.8 Å². The number of benzene rings is 6. The van der Waals surface area contributed by atoms with Crippen molar-refractivity contribution in [3.05, 3.63) is 245 Å². The smallest absolute Gasteiger partial charge is 0.134 e. The highest BCUT2D eigenvalue weighted by molar-refractivity contribution is 5.98. The molecule has 1 aromatic heterocycles. The van der Waals surface area contributed by atoms with Crippen molar-refractivity contribution in [3.8, 4) is 11.1 Å². The lowest BCUT2D eigenvalue weighted by Gasteiger charge is -2.39. The molecular formula is C56H45NO. The number of nitrogens with zero attached hydrogens (tertiary/aromatic N) is 1. The second-order valence-corrected chi connectivity index (χ2v) is 16.1. The van der Waals surface area contributed by atoms with Gasteiger partial charge in [-0.1, -0.05) is 164 Å². The average molecular weight is 748 g/mol. The van der Waals surface area contributed by atoms with Crippen molar-refractivity contribution in [2.75, 3.05) is 4.90 Å². The largest absolute Gasteiger partial charge is 0.460 e. The van der Waals surface area contributed by atoms with Gasteiger partial charge in [-0.3, -0.25) is 0 Å². The Morgan fingerprint density at radius 1 is 0.586 bits per heavy atom. The van der Waals surface area contributed by atoms with E-state index in [2.05, 4.69) is 199 Å². The zero-order chi connectivity index (χ0) is 38.4. The fourth-order valence-electron chi connectivity index (χ4n) is 10.0. The summed E-state index contributed by atoms with van der Waals surface area (Å²) in [6, 6.07) is 56.1. The predicted molar refractivity (Wildman–Crippen MR) is 241 cm³/mol. The van der Waals surface area contributed by atoms with E-state index >= 15 is 0 Å². The topological polar surface area (TPSA) is 16.4 Å². The number of furan rings is 1. The fraction of sp³-hybridized carbons (Fsp3) is 0.143. The molecule has 280 valence electrons. The molecule has 1 heterocycles. The Morgan fingerprint density at radius 3 is 2.14 bits per heavy atom. The fourth-order valence-corrected chi connectivity index (χ4v) is 10.0. The van der Waals surface area contributed by atoms with Gasteiger partial charge in [-0.25, -0.2) is 0 Å². The molecular weight excluding hydrogens is 703 g/mol. The van der Waals surface area contributed by atoms with Crippen molar-refractivity contribution in [2.24, 2.45) is 0 Å². The van der Waals surface area contributed by atoms with E-state index in [9.17, 15) is 0 Å². The van der Waals surface area contributed by atoms with Crippen molar-refractivity contribution in [1.29, 1.82) is 0 Å². The number of rotatable bonds is 7. The predicted octanol–water partition coefficient (Wildman–Crippen LogP) is 14.0. The SMILES string of the molecule is C1=CCC(c2ccccc2)C(N(c2ccc(C3=CCC(c4ccccc4)c4ccccc43)cc2)C2C=CC(c3ccc4c(c3)-c3c(oc5ccccc35)CC4)=CC2)=C1. The maximum Gasteiger partial charge on any atom is 0.134 e. The zero-order valence-electron chi connectivity index (χ0n) is 32.6. The lowest BCUT2D eigenvalue weighted by Crippen LogP contribution is -2.36. The van der Waals surface area contributed by atoms with E-state index in [-0.39, 0.29) is 12.0 Å². The zero-order valence-corrected chi connectivity index (χ0v) is 32.6. The lowest BCUT2D eigenvalue weighted by atomic mass is 9.77. The third-order valence-electron chi connectivity index (χ3n) is 12.9. The number of anilines is 1. The Balaban J connectivity index is 0.931. The molecule has 0 N–H and O–H groups in total. The molecule has 0 fully saturated rings. The van der Waals surface area contributed by atoms with Gasteiger partial charge in [-0.05, 0) is 112 Å². The quantitative estimate of drug-likeness (QED) is 0.161. The maximum absolute atomic E-state index is 6.34. The summed E-state index contributed by atoms with van der Waals surface area (Å²) in [7, 11) is 0. The standard InChI is InChI=1S/C56H45NO/c1-3-13-39(14-4-1)46-34-35-47(50-19-8-7-18-49(46)50)41-27-32-45(33-28-41)57(53-21-11-9-17-48(53)40-15-5-2-6-16-40)44-30-25-38(26-31-44)43-24-23-42-29-36-55-56(52(42)37-43)51-20-10-12-22-54(51)58-55/h1-16,18-28,30,32-33,35,37,44,46,48H,17,29,31,34,36H2. The summed E-state index contributed by atoms with van der Waals surface area (Å²) in [6.45, 7) is 0. The number of aryl methyl sites for hydroxylation is 2. The number of hydrogen-bond acceptors (Lipinski definition) is 2. The molecule has 0 amide bonds. The monoisotopic (exact) mass is 747 g/mol. The van der Waals surface area contributed by atoms with Crippen molar-refractivity contribution in [3.63, 3.8) is 0 Å². The van der Waals surface area contributed by atoms with Crippen molar-refractivity contribution in [2.45, 2.75) is 50.0 Å². The van der Waals surface area contributed by atoms with Crippen molar-refractivity contribution in [1.82, 2.24) is 0 Å². The molecule has 0 spiro atoms. The summed E-state index contributed by atoms with van der Waals surface area (Å²) < 4.78 is 6.34. The molecule has 4 aliphatic rings. The van der Waals surface area contributed by atoms with E-state index < -0.39 is 0 Å². The molecule has 6 aromatic carbocycles. The van der Waals surface area contributed by atoms with Gasteiger partial charge in [-0.2, -0.15) is 0 Å². The number of allylic oxidation sites excluding steroid dienone is 7. The molecule has 2 heteroatoms. The first kappa shape index (κ1) is 34.6. The van der Waals surface area contributed by atoms with Gasteiger partial charge in [0.25, 0.3) is 0 Å². The van der Waals surface area contributed by atoms with Gasteiger partial charge in [0.2, 0.25) is 0 Å². The summed E-state index contributed by atoms with van der Waals surface area (Å²) in [6.07, 6.45) is 21.5.